The number of piperazine rings is 1. The maximum atomic E-state index is 12.7. The standard InChI is InChI=1S/C21H20ClN5O3S/c22-16-4-3-5-17(14-16)26-9-8-23-21(26)31-15-20(28)25-12-10-24(11-13-25)18-6-1-2-7-19(18)27(29)30/h1-9,14H,10-13,15H2. The predicted molar refractivity (Wildman–Crippen MR) is 121 cm³/mol. The van der Waals surface area contributed by atoms with Crippen molar-refractivity contribution in [1.82, 2.24) is 14.5 Å². The van der Waals surface area contributed by atoms with Crippen LogP contribution in [0.5, 0.6) is 0 Å². The van der Waals surface area contributed by atoms with Crippen LogP contribution in [0.4, 0.5) is 11.4 Å². The van der Waals surface area contributed by atoms with E-state index in [4.69, 9.17) is 11.6 Å². The molecule has 0 radical (unpaired) electrons. The van der Waals surface area contributed by atoms with E-state index in [-0.39, 0.29) is 22.3 Å². The Morgan fingerprint density at radius 3 is 2.65 bits per heavy atom. The quantitative estimate of drug-likeness (QED) is 0.317. The Balaban J connectivity index is 1.35. The number of imidazole rings is 1. The van der Waals surface area contributed by atoms with Crippen LogP contribution in [0.3, 0.4) is 0 Å². The van der Waals surface area contributed by atoms with Crippen molar-refractivity contribution in [3.63, 3.8) is 0 Å². The van der Waals surface area contributed by atoms with E-state index < -0.39 is 0 Å². The summed E-state index contributed by atoms with van der Waals surface area (Å²) in [5.41, 5.74) is 1.57. The molecule has 8 nitrogen and oxygen atoms in total. The van der Waals surface area contributed by atoms with Crippen molar-refractivity contribution in [2.75, 3.05) is 36.8 Å². The fourth-order valence-corrected chi connectivity index (χ4v) is 4.58. The Labute approximate surface area is 188 Å². The van der Waals surface area contributed by atoms with E-state index in [0.29, 0.717) is 42.0 Å². The number of amides is 1. The number of nitro benzene ring substituents is 1. The first-order valence-electron chi connectivity index (χ1n) is 9.71. The van der Waals surface area contributed by atoms with Gasteiger partial charge < -0.3 is 9.80 Å². The monoisotopic (exact) mass is 457 g/mol. The number of halogens is 1. The fourth-order valence-electron chi connectivity index (χ4n) is 3.52. The SMILES string of the molecule is O=C(CSc1nccn1-c1cccc(Cl)c1)N1CCN(c2ccccc2[N+](=O)[O-])CC1. The number of rotatable bonds is 6. The normalized spacial score (nSPS) is 14.0. The molecule has 2 aromatic carbocycles. The van der Waals surface area contributed by atoms with Gasteiger partial charge in [0.15, 0.2) is 5.16 Å². The summed E-state index contributed by atoms with van der Waals surface area (Å²) < 4.78 is 1.90. The highest BCUT2D eigenvalue weighted by Crippen LogP contribution is 2.28. The van der Waals surface area contributed by atoms with Gasteiger partial charge in [-0.3, -0.25) is 19.5 Å². The van der Waals surface area contributed by atoms with Crippen molar-refractivity contribution in [1.29, 1.82) is 0 Å². The van der Waals surface area contributed by atoms with E-state index >= 15 is 0 Å². The van der Waals surface area contributed by atoms with Crippen molar-refractivity contribution in [2.45, 2.75) is 5.16 Å². The Bertz CT molecular complexity index is 1100. The van der Waals surface area contributed by atoms with Gasteiger partial charge in [-0.25, -0.2) is 4.98 Å². The summed E-state index contributed by atoms with van der Waals surface area (Å²) in [5, 5.41) is 12.6. The third-order valence-electron chi connectivity index (χ3n) is 5.07. The lowest BCUT2D eigenvalue weighted by Gasteiger charge is -2.35. The molecule has 0 spiro atoms. The second kappa shape index (κ2) is 9.40. The average Bonchev–Trinajstić information content (AvgIpc) is 3.26. The van der Waals surface area contributed by atoms with E-state index in [9.17, 15) is 14.9 Å². The third-order valence-corrected chi connectivity index (χ3v) is 6.26. The molecule has 1 aliphatic heterocycles. The first-order chi connectivity index (χ1) is 15.0. The molecule has 3 aromatic rings. The van der Waals surface area contributed by atoms with Gasteiger partial charge in [-0.1, -0.05) is 41.6 Å². The van der Waals surface area contributed by atoms with Crippen LogP contribution in [0.1, 0.15) is 0 Å². The molecular weight excluding hydrogens is 438 g/mol. The number of anilines is 1. The molecule has 10 heteroatoms. The Morgan fingerprint density at radius 2 is 1.90 bits per heavy atom. The zero-order chi connectivity index (χ0) is 21.8. The number of aromatic nitrogens is 2. The summed E-state index contributed by atoms with van der Waals surface area (Å²) in [5.74, 6) is 0.288. The van der Waals surface area contributed by atoms with Gasteiger partial charge in [0.25, 0.3) is 5.69 Å². The first kappa shape index (κ1) is 21.2. The summed E-state index contributed by atoms with van der Waals surface area (Å²) in [6.07, 6.45) is 3.53. The topological polar surface area (TPSA) is 84.5 Å². The van der Waals surface area contributed by atoms with Crippen molar-refractivity contribution >= 4 is 40.6 Å². The number of nitrogens with zero attached hydrogens (tertiary/aromatic N) is 5. The van der Waals surface area contributed by atoms with Crippen LogP contribution >= 0.6 is 23.4 Å². The Hall–Kier alpha value is -3.04. The maximum Gasteiger partial charge on any atom is 0.292 e. The smallest absolute Gasteiger partial charge is 0.292 e. The molecule has 0 bridgehead atoms. The molecule has 160 valence electrons. The van der Waals surface area contributed by atoms with Gasteiger partial charge in [0.1, 0.15) is 5.69 Å². The number of benzene rings is 2. The van der Waals surface area contributed by atoms with Crippen LogP contribution < -0.4 is 4.90 Å². The second-order valence-electron chi connectivity index (χ2n) is 6.96. The minimum atomic E-state index is -0.370. The lowest BCUT2D eigenvalue weighted by atomic mass is 10.2. The summed E-state index contributed by atoms with van der Waals surface area (Å²) >= 11 is 7.46. The van der Waals surface area contributed by atoms with Gasteiger partial charge in [0, 0.05) is 55.3 Å². The molecule has 4 rings (SSSR count). The number of para-hydroxylation sites is 2. The zero-order valence-corrected chi connectivity index (χ0v) is 18.1. The molecule has 31 heavy (non-hydrogen) atoms. The highest BCUT2D eigenvalue weighted by molar-refractivity contribution is 7.99. The fraction of sp³-hybridized carbons (Fsp3) is 0.238. The molecular formula is C21H20ClN5O3S. The summed E-state index contributed by atoms with van der Waals surface area (Å²) in [4.78, 5) is 31.8. The molecule has 1 aliphatic rings. The lowest BCUT2D eigenvalue weighted by Crippen LogP contribution is -2.49. The number of nitro groups is 1. The minimum Gasteiger partial charge on any atom is -0.362 e. The number of hydrogen-bond donors (Lipinski definition) is 0. The van der Waals surface area contributed by atoms with Crippen LogP contribution in [-0.4, -0.2) is 57.2 Å². The van der Waals surface area contributed by atoms with Crippen LogP contribution in [-0.2, 0) is 4.79 Å². The molecule has 1 aromatic heterocycles. The molecule has 0 atom stereocenters. The molecule has 0 saturated carbocycles. The van der Waals surface area contributed by atoms with Crippen LogP contribution in [0.2, 0.25) is 5.02 Å². The highest BCUT2D eigenvalue weighted by atomic mass is 35.5. The van der Waals surface area contributed by atoms with Crippen LogP contribution in [0, 0.1) is 10.1 Å². The van der Waals surface area contributed by atoms with E-state index in [1.165, 1.54) is 17.8 Å². The van der Waals surface area contributed by atoms with E-state index in [1.807, 2.05) is 39.9 Å². The van der Waals surface area contributed by atoms with E-state index in [0.717, 1.165) is 5.69 Å². The maximum absolute atomic E-state index is 12.7. The first-order valence-corrected chi connectivity index (χ1v) is 11.1. The molecule has 0 N–H and O–H groups in total. The van der Waals surface area contributed by atoms with Gasteiger partial charge >= 0.3 is 0 Å². The molecule has 2 heterocycles. The Kier molecular flexibility index (Phi) is 6.43. The largest absolute Gasteiger partial charge is 0.362 e. The lowest BCUT2D eigenvalue weighted by molar-refractivity contribution is -0.384. The molecule has 1 saturated heterocycles. The van der Waals surface area contributed by atoms with Crippen LogP contribution in [0.25, 0.3) is 5.69 Å². The van der Waals surface area contributed by atoms with Crippen LogP contribution in [0.15, 0.2) is 66.1 Å². The van der Waals surface area contributed by atoms with Gasteiger partial charge in [-0.15, -0.1) is 0 Å². The number of hydrogen-bond acceptors (Lipinski definition) is 6. The highest BCUT2D eigenvalue weighted by Gasteiger charge is 2.25. The van der Waals surface area contributed by atoms with Crippen molar-refractivity contribution in [3.8, 4) is 5.69 Å². The third kappa shape index (κ3) is 4.83. The van der Waals surface area contributed by atoms with Gasteiger partial charge in [0.2, 0.25) is 5.91 Å². The second-order valence-corrected chi connectivity index (χ2v) is 8.34. The van der Waals surface area contributed by atoms with Gasteiger partial charge in [-0.2, -0.15) is 0 Å². The predicted octanol–water partition coefficient (Wildman–Crippen LogP) is 3.87. The molecule has 0 aliphatic carbocycles. The number of carbonyl (C=O) groups is 1. The minimum absolute atomic E-state index is 0.0212. The summed E-state index contributed by atoms with van der Waals surface area (Å²) in [7, 11) is 0. The van der Waals surface area contributed by atoms with Crippen molar-refractivity contribution < 1.29 is 9.72 Å². The van der Waals surface area contributed by atoms with Crippen molar-refractivity contribution in [3.05, 3.63) is 76.1 Å². The van der Waals surface area contributed by atoms with E-state index in [2.05, 4.69) is 4.98 Å². The zero-order valence-electron chi connectivity index (χ0n) is 16.6. The summed E-state index contributed by atoms with van der Waals surface area (Å²) in [6, 6.07) is 14.2. The Morgan fingerprint density at radius 1 is 1.13 bits per heavy atom. The summed E-state index contributed by atoms with van der Waals surface area (Å²) in [6.45, 7) is 2.15. The molecule has 1 amide bonds. The van der Waals surface area contributed by atoms with Crippen molar-refractivity contribution in [2.24, 2.45) is 0 Å². The number of thioether (sulfide) groups is 1. The number of carbonyl (C=O) groups excluding carboxylic acids is 1. The van der Waals surface area contributed by atoms with Gasteiger partial charge in [-0.05, 0) is 24.3 Å². The molecule has 1 fully saturated rings. The van der Waals surface area contributed by atoms with Gasteiger partial charge in [0.05, 0.1) is 10.7 Å². The molecule has 0 unspecified atom stereocenters. The average molecular weight is 458 g/mol. The van der Waals surface area contributed by atoms with E-state index in [1.54, 1.807) is 29.3 Å².